The lowest BCUT2D eigenvalue weighted by molar-refractivity contribution is -0.112. The molecule has 0 aliphatic rings. The van der Waals surface area contributed by atoms with Gasteiger partial charge in [-0.1, -0.05) is 17.7 Å². The minimum absolute atomic E-state index is 0.108. The summed E-state index contributed by atoms with van der Waals surface area (Å²) < 4.78 is 0. The maximum Gasteiger partial charge on any atom is 0.267 e. The van der Waals surface area contributed by atoms with E-state index in [-0.39, 0.29) is 5.57 Å². The lowest BCUT2D eigenvalue weighted by atomic mass is 10.2. The van der Waals surface area contributed by atoms with Gasteiger partial charge in [0.25, 0.3) is 5.91 Å². The Bertz CT molecular complexity index is 810. The van der Waals surface area contributed by atoms with Gasteiger partial charge in [-0.15, -0.1) is 0 Å². The summed E-state index contributed by atoms with van der Waals surface area (Å²) in [5.74, 6) is -0.0150. The second kappa shape index (κ2) is 7.29. The molecule has 0 saturated carbocycles. The van der Waals surface area contributed by atoms with Gasteiger partial charge in [-0.05, 0) is 36.8 Å². The molecule has 0 unspecified atom stereocenters. The summed E-state index contributed by atoms with van der Waals surface area (Å²) in [6, 6.07) is 10.2. The SMILES string of the molecule is Cc1cccnc1N/C=C(/C#N)C(=O)Nc1ccc(N)cc1Cl. The molecule has 4 N–H and O–H groups in total. The van der Waals surface area contributed by atoms with E-state index in [2.05, 4.69) is 15.6 Å². The molecular formula is C16H14ClN5O. The number of carbonyl (C=O) groups is 1. The van der Waals surface area contributed by atoms with E-state index in [1.165, 1.54) is 12.3 Å². The second-order valence-electron chi connectivity index (χ2n) is 4.68. The van der Waals surface area contributed by atoms with Gasteiger partial charge in [0.2, 0.25) is 0 Å². The highest BCUT2D eigenvalue weighted by Gasteiger charge is 2.11. The molecule has 6 nitrogen and oxygen atoms in total. The van der Waals surface area contributed by atoms with E-state index >= 15 is 0 Å². The molecule has 0 spiro atoms. The molecular weight excluding hydrogens is 314 g/mol. The van der Waals surface area contributed by atoms with Crippen LogP contribution in [0.25, 0.3) is 0 Å². The number of nitrogen functional groups attached to an aromatic ring is 1. The normalized spacial score (nSPS) is 10.7. The summed E-state index contributed by atoms with van der Waals surface area (Å²) in [6.07, 6.45) is 2.92. The first-order valence-electron chi connectivity index (χ1n) is 6.66. The molecule has 0 radical (unpaired) electrons. The average molecular weight is 328 g/mol. The Balaban J connectivity index is 2.14. The Morgan fingerprint density at radius 2 is 2.22 bits per heavy atom. The van der Waals surface area contributed by atoms with Crippen LogP contribution in [0.1, 0.15) is 5.56 Å². The van der Waals surface area contributed by atoms with Crippen LogP contribution in [-0.4, -0.2) is 10.9 Å². The van der Waals surface area contributed by atoms with Gasteiger partial charge in [-0.3, -0.25) is 4.79 Å². The van der Waals surface area contributed by atoms with Gasteiger partial charge in [-0.25, -0.2) is 4.98 Å². The predicted molar refractivity (Wildman–Crippen MR) is 90.8 cm³/mol. The van der Waals surface area contributed by atoms with Crippen molar-refractivity contribution in [2.45, 2.75) is 6.92 Å². The molecule has 0 atom stereocenters. The number of hydrogen-bond donors (Lipinski definition) is 3. The number of nitriles is 1. The first-order valence-corrected chi connectivity index (χ1v) is 7.04. The fourth-order valence-electron chi connectivity index (χ4n) is 1.75. The van der Waals surface area contributed by atoms with Crippen molar-refractivity contribution >= 4 is 34.7 Å². The van der Waals surface area contributed by atoms with E-state index in [0.29, 0.717) is 22.2 Å². The highest BCUT2D eigenvalue weighted by atomic mass is 35.5. The summed E-state index contributed by atoms with van der Waals surface area (Å²) in [4.78, 5) is 16.3. The van der Waals surface area contributed by atoms with Gasteiger partial charge in [0.05, 0.1) is 10.7 Å². The molecule has 1 amide bonds. The van der Waals surface area contributed by atoms with Gasteiger partial charge in [0.15, 0.2) is 0 Å². The highest BCUT2D eigenvalue weighted by Crippen LogP contribution is 2.24. The number of aryl methyl sites for hydroxylation is 1. The molecule has 2 rings (SSSR count). The molecule has 1 aromatic heterocycles. The number of anilines is 3. The molecule has 0 bridgehead atoms. The Labute approximate surface area is 138 Å². The quantitative estimate of drug-likeness (QED) is 0.455. The smallest absolute Gasteiger partial charge is 0.267 e. The lowest BCUT2D eigenvalue weighted by Gasteiger charge is -2.08. The van der Waals surface area contributed by atoms with Gasteiger partial charge in [0, 0.05) is 18.1 Å². The number of nitrogens with two attached hydrogens (primary N) is 1. The van der Waals surface area contributed by atoms with Crippen LogP contribution in [0, 0.1) is 18.3 Å². The number of amides is 1. The number of pyridine rings is 1. The minimum atomic E-state index is -0.583. The third kappa shape index (κ3) is 4.22. The number of benzene rings is 1. The van der Waals surface area contributed by atoms with Crippen molar-refractivity contribution in [3.05, 3.63) is 58.9 Å². The second-order valence-corrected chi connectivity index (χ2v) is 5.08. The average Bonchev–Trinajstić information content (AvgIpc) is 2.52. The molecule has 0 aliphatic heterocycles. The largest absolute Gasteiger partial charge is 0.399 e. The van der Waals surface area contributed by atoms with E-state index in [4.69, 9.17) is 22.6 Å². The van der Waals surface area contributed by atoms with Crippen LogP contribution in [0.15, 0.2) is 48.3 Å². The number of carbonyl (C=O) groups excluding carboxylic acids is 1. The molecule has 0 fully saturated rings. The zero-order valence-electron chi connectivity index (χ0n) is 12.3. The van der Waals surface area contributed by atoms with E-state index in [0.717, 1.165) is 5.56 Å². The zero-order chi connectivity index (χ0) is 16.8. The highest BCUT2D eigenvalue weighted by molar-refractivity contribution is 6.34. The Morgan fingerprint density at radius 3 is 2.87 bits per heavy atom. The van der Waals surface area contributed by atoms with E-state index in [1.807, 2.05) is 19.1 Å². The first kappa shape index (κ1) is 16.3. The zero-order valence-corrected chi connectivity index (χ0v) is 13.1. The summed E-state index contributed by atoms with van der Waals surface area (Å²) in [6.45, 7) is 1.86. The molecule has 116 valence electrons. The van der Waals surface area contributed by atoms with Gasteiger partial charge >= 0.3 is 0 Å². The maximum atomic E-state index is 12.1. The third-order valence-electron chi connectivity index (χ3n) is 2.97. The fraction of sp³-hybridized carbons (Fsp3) is 0.0625. The molecule has 0 aliphatic carbocycles. The predicted octanol–water partition coefficient (Wildman–Crippen LogP) is 3.08. The Kier molecular flexibility index (Phi) is 5.18. The number of nitrogens with zero attached hydrogens (tertiary/aromatic N) is 2. The monoisotopic (exact) mass is 327 g/mol. The van der Waals surface area contributed by atoms with Crippen LogP contribution >= 0.6 is 11.6 Å². The Hall–Kier alpha value is -3.04. The van der Waals surface area contributed by atoms with Crippen LogP contribution in [0.4, 0.5) is 17.2 Å². The number of nitrogens with one attached hydrogen (secondary N) is 2. The number of hydrogen-bond acceptors (Lipinski definition) is 5. The van der Waals surface area contributed by atoms with E-state index in [1.54, 1.807) is 24.4 Å². The van der Waals surface area contributed by atoms with Gasteiger partial charge < -0.3 is 16.4 Å². The van der Waals surface area contributed by atoms with Crippen LogP contribution in [0.3, 0.4) is 0 Å². The standard InChI is InChI=1S/C16H14ClN5O/c1-10-3-2-6-20-15(10)21-9-11(8-18)16(23)22-14-5-4-12(19)7-13(14)17/h2-7,9H,19H2,1H3,(H,20,21)(H,22,23)/b11-9-. The fourth-order valence-corrected chi connectivity index (χ4v) is 1.98. The summed E-state index contributed by atoms with van der Waals surface area (Å²) in [7, 11) is 0. The lowest BCUT2D eigenvalue weighted by Crippen LogP contribution is -2.15. The van der Waals surface area contributed by atoms with Crippen molar-refractivity contribution < 1.29 is 4.79 Å². The molecule has 0 saturated heterocycles. The van der Waals surface area contributed by atoms with E-state index < -0.39 is 5.91 Å². The van der Waals surface area contributed by atoms with Crippen molar-refractivity contribution in [2.75, 3.05) is 16.4 Å². The summed E-state index contributed by atoms with van der Waals surface area (Å²) in [5, 5.41) is 14.8. The molecule has 2 aromatic rings. The van der Waals surface area contributed by atoms with Crippen LogP contribution < -0.4 is 16.4 Å². The van der Waals surface area contributed by atoms with Crippen molar-refractivity contribution in [1.29, 1.82) is 5.26 Å². The van der Waals surface area contributed by atoms with Crippen LogP contribution in [0.2, 0.25) is 5.02 Å². The summed E-state index contributed by atoms with van der Waals surface area (Å²) in [5.41, 5.74) is 7.23. The summed E-state index contributed by atoms with van der Waals surface area (Å²) >= 11 is 5.99. The van der Waals surface area contributed by atoms with E-state index in [9.17, 15) is 4.79 Å². The maximum absolute atomic E-state index is 12.1. The molecule has 1 heterocycles. The van der Waals surface area contributed by atoms with Crippen molar-refractivity contribution in [2.24, 2.45) is 0 Å². The van der Waals surface area contributed by atoms with Crippen LogP contribution in [-0.2, 0) is 4.79 Å². The third-order valence-corrected chi connectivity index (χ3v) is 3.28. The van der Waals surface area contributed by atoms with Crippen molar-refractivity contribution in [1.82, 2.24) is 4.98 Å². The van der Waals surface area contributed by atoms with Gasteiger partial charge in [0.1, 0.15) is 17.5 Å². The van der Waals surface area contributed by atoms with Gasteiger partial charge in [-0.2, -0.15) is 5.26 Å². The molecule has 23 heavy (non-hydrogen) atoms. The number of aromatic nitrogens is 1. The first-order chi connectivity index (χ1) is 11.0. The molecule has 7 heteroatoms. The molecule has 1 aromatic carbocycles. The minimum Gasteiger partial charge on any atom is -0.399 e. The number of halogens is 1. The van der Waals surface area contributed by atoms with Crippen molar-refractivity contribution in [3.8, 4) is 6.07 Å². The van der Waals surface area contributed by atoms with Crippen molar-refractivity contribution in [3.63, 3.8) is 0 Å². The number of rotatable bonds is 4. The Morgan fingerprint density at radius 1 is 1.43 bits per heavy atom. The topological polar surface area (TPSA) is 104 Å². The van der Waals surface area contributed by atoms with Crippen LogP contribution in [0.5, 0.6) is 0 Å².